The van der Waals surface area contributed by atoms with Crippen LogP contribution in [-0.2, 0) is 0 Å². The molecular weight excluding hydrogens is 442 g/mol. The summed E-state index contributed by atoms with van der Waals surface area (Å²) in [6.45, 7) is 7.82. The van der Waals surface area contributed by atoms with Crippen LogP contribution in [0.2, 0.25) is 0 Å². The zero-order valence-corrected chi connectivity index (χ0v) is 20.0. The predicted octanol–water partition coefficient (Wildman–Crippen LogP) is 5.76. The average molecular weight is 468 g/mol. The van der Waals surface area contributed by atoms with Gasteiger partial charge in [0.15, 0.2) is 11.2 Å². The van der Waals surface area contributed by atoms with E-state index in [9.17, 15) is 14.4 Å². The van der Waals surface area contributed by atoms with Crippen LogP contribution in [0.1, 0.15) is 63.1 Å². The van der Waals surface area contributed by atoms with Crippen LogP contribution >= 0.6 is 0 Å². The number of hydrogen-bond acceptors (Lipinski definition) is 5. The second-order valence-corrected chi connectivity index (χ2v) is 8.79. The lowest BCUT2D eigenvalue weighted by molar-refractivity contribution is 0.0970. The maximum Gasteiger partial charge on any atom is 0.295 e. The Bertz CT molecular complexity index is 1530. The Morgan fingerprint density at radius 1 is 0.971 bits per heavy atom. The second kappa shape index (κ2) is 8.55. The first-order chi connectivity index (χ1) is 16.8. The van der Waals surface area contributed by atoms with Gasteiger partial charge in [0.05, 0.1) is 23.6 Å². The van der Waals surface area contributed by atoms with Crippen LogP contribution in [0.3, 0.4) is 0 Å². The number of hydrogen-bond donors (Lipinski definition) is 0. The van der Waals surface area contributed by atoms with E-state index in [-0.39, 0.29) is 17.0 Å². The fourth-order valence-corrected chi connectivity index (χ4v) is 4.58. The highest BCUT2D eigenvalue weighted by atomic mass is 16.5. The summed E-state index contributed by atoms with van der Waals surface area (Å²) >= 11 is 0. The lowest BCUT2D eigenvalue weighted by Gasteiger charge is -2.25. The molecule has 0 saturated carbocycles. The Balaban J connectivity index is 1.74. The number of ether oxygens (including phenoxy) is 1. The molecule has 1 atom stereocenters. The number of fused-ring (bicyclic) bond motifs is 2. The third kappa shape index (κ3) is 3.71. The number of carbonyl (C=O) groups excluding carboxylic acids is 2. The van der Waals surface area contributed by atoms with Gasteiger partial charge in [-0.15, -0.1) is 0 Å². The fraction of sp³-hybridized carbons (Fsp3) is 0.207. The molecule has 6 nitrogen and oxygen atoms in total. The number of carbonyl (C=O) groups is 2. The van der Waals surface area contributed by atoms with Crippen LogP contribution in [0, 0.1) is 13.8 Å². The van der Waals surface area contributed by atoms with E-state index in [1.54, 1.807) is 35.2 Å². The summed E-state index contributed by atoms with van der Waals surface area (Å²) in [6.07, 6.45) is 0. The van der Waals surface area contributed by atoms with Crippen molar-refractivity contribution < 1.29 is 18.7 Å². The van der Waals surface area contributed by atoms with Crippen molar-refractivity contribution in [1.82, 2.24) is 0 Å². The van der Waals surface area contributed by atoms with Crippen LogP contribution in [0.5, 0.6) is 5.75 Å². The molecule has 1 aliphatic rings. The standard InChI is InChI=1S/C29H25NO5/c1-5-34-22-12-8-20(9-13-22)26-25-27(32)23-14-16(2)17(3)15-24(23)35-28(25)29(33)30(26)21-10-6-19(7-11-21)18(4)31/h6-15,26H,5H2,1-4H3. The van der Waals surface area contributed by atoms with E-state index in [1.807, 2.05) is 51.1 Å². The maximum atomic E-state index is 13.8. The summed E-state index contributed by atoms with van der Waals surface area (Å²) in [5.74, 6) is 0.284. The molecule has 1 aromatic heterocycles. The largest absolute Gasteiger partial charge is 0.494 e. The van der Waals surface area contributed by atoms with Crippen molar-refractivity contribution >= 4 is 28.3 Å². The molecule has 35 heavy (non-hydrogen) atoms. The molecule has 0 fully saturated rings. The van der Waals surface area contributed by atoms with Gasteiger partial charge in [0.1, 0.15) is 11.3 Å². The summed E-state index contributed by atoms with van der Waals surface area (Å²) in [5.41, 5.74) is 4.30. The number of Topliss-reactive ketones (excluding diaryl/α,β-unsaturated/α-hetero) is 1. The van der Waals surface area contributed by atoms with Crippen molar-refractivity contribution in [2.75, 3.05) is 11.5 Å². The first-order valence-corrected chi connectivity index (χ1v) is 11.6. The summed E-state index contributed by atoms with van der Waals surface area (Å²) in [7, 11) is 0. The molecule has 0 radical (unpaired) electrons. The van der Waals surface area contributed by atoms with Gasteiger partial charge in [-0.05, 0) is 92.9 Å². The third-order valence-corrected chi connectivity index (χ3v) is 6.55. The topological polar surface area (TPSA) is 76.8 Å². The first-order valence-electron chi connectivity index (χ1n) is 11.6. The van der Waals surface area contributed by atoms with Crippen molar-refractivity contribution in [1.29, 1.82) is 0 Å². The van der Waals surface area contributed by atoms with Gasteiger partial charge in [-0.25, -0.2) is 0 Å². The van der Waals surface area contributed by atoms with Gasteiger partial charge in [0, 0.05) is 11.3 Å². The molecular formula is C29H25NO5. The maximum absolute atomic E-state index is 13.8. The van der Waals surface area contributed by atoms with E-state index < -0.39 is 11.9 Å². The van der Waals surface area contributed by atoms with E-state index in [0.717, 1.165) is 16.7 Å². The van der Waals surface area contributed by atoms with Gasteiger partial charge in [0.2, 0.25) is 5.76 Å². The molecule has 6 heteroatoms. The molecule has 176 valence electrons. The third-order valence-electron chi connectivity index (χ3n) is 6.55. The number of benzene rings is 3. The summed E-state index contributed by atoms with van der Waals surface area (Å²) in [5, 5.41) is 0.448. The highest BCUT2D eigenvalue weighted by Gasteiger charge is 2.43. The van der Waals surface area contributed by atoms with E-state index in [0.29, 0.717) is 40.1 Å². The van der Waals surface area contributed by atoms with Gasteiger partial charge < -0.3 is 9.15 Å². The minimum atomic E-state index is -0.682. The van der Waals surface area contributed by atoms with Crippen molar-refractivity contribution in [3.63, 3.8) is 0 Å². The Morgan fingerprint density at radius 3 is 2.26 bits per heavy atom. The molecule has 0 bridgehead atoms. The normalized spacial score (nSPS) is 14.9. The number of rotatable bonds is 5. The van der Waals surface area contributed by atoms with E-state index in [1.165, 1.54) is 6.92 Å². The molecule has 5 rings (SSSR count). The summed E-state index contributed by atoms with van der Waals surface area (Å²) < 4.78 is 11.7. The molecule has 1 unspecified atom stereocenters. The second-order valence-electron chi connectivity index (χ2n) is 8.79. The van der Waals surface area contributed by atoms with Gasteiger partial charge in [-0.1, -0.05) is 12.1 Å². The zero-order valence-electron chi connectivity index (χ0n) is 20.0. The quantitative estimate of drug-likeness (QED) is 0.349. The van der Waals surface area contributed by atoms with Gasteiger partial charge in [-0.3, -0.25) is 19.3 Å². The van der Waals surface area contributed by atoms with E-state index in [4.69, 9.17) is 9.15 Å². The van der Waals surface area contributed by atoms with E-state index >= 15 is 0 Å². The Hall–Kier alpha value is -4.19. The van der Waals surface area contributed by atoms with Crippen LogP contribution in [0.25, 0.3) is 11.0 Å². The lowest BCUT2D eigenvalue weighted by Crippen LogP contribution is -2.29. The minimum Gasteiger partial charge on any atom is -0.494 e. The smallest absolute Gasteiger partial charge is 0.295 e. The van der Waals surface area contributed by atoms with Crippen molar-refractivity contribution in [3.8, 4) is 5.75 Å². The number of ketones is 1. The van der Waals surface area contributed by atoms with Crippen LogP contribution in [-0.4, -0.2) is 18.3 Å². The van der Waals surface area contributed by atoms with Crippen LogP contribution < -0.4 is 15.1 Å². The SMILES string of the molecule is CCOc1ccc(C2c3c(oc4cc(C)c(C)cc4c3=O)C(=O)N2c2ccc(C(C)=O)cc2)cc1. The minimum absolute atomic E-state index is 0.0419. The average Bonchev–Trinajstić information content (AvgIpc) is 3.13. The van der Waals surface area contributed by atoms with Crippen LogP contribution in [0.15, 0.2) is 69.9 Å². The number of anilines is 1. The number of aryl methyl sites for hydroxylation is 2. The summed E-state index contributed by atoms with van der Waals surface area (Å²) in [6, 6.07) is 17.1. The van der Waals surface area contributed by atoms with Crippen molar-refractivity contribution in [2.45, 2.75) is 33.7 Å². The molecule has 3 aromatic carbocycles. The Morgan fingerprint density at radius 2 is 1.63 bits per heavy atom. The number of amides is 1. The van der Waals surface area contributed by atoms with Gasteiger partial charge >= 0.3 is 0 Å². The first kappa shape index (κ1) is 22.6. The Labute approximate surface area is 202 Å². The van der Waals surface area contributed by atoms with Gasteiger partial charge in [0.25, 0.3) is 5.91 Å². The highest BCUT2D eigenvalue weighted by Crippen LogP contribution is 2.41. The number of nitrogens with zero attached hydrogens (tertiary/aromatic N) is 1. The molecule has 0 saturated heterocycles. The van der Waals surface area contributed by atoms with Crippen molar-refractivity contribution in [3.05, 3.63) is 104 Å². The predicted molar refractivity (Wildman–Crippen MR) is 135 cm³/mol. The lowest BCUT2D eigenvalue weighted by atomic mass is 9.97. The molecule has 4 aromatic rings. The molecule has 0 spiro atoms. The molecule has 1 aliphatic heterocycles. The Kier molecular flexibility index (Phi) is 5.52. The van der Waals surface area contributed by atoms with Crippen molar-refractivity contribution in [2.24, 2.45) is 0 Å². The molecule has 1 amide bonds. The molecule has 0 aliphatic carbocycles. The monoisotopic (exact) mass is 467 g/mol. The summed E-state index contributed by atoms with van der Waals surface area (Å²) in [4.78, 5) is 40.9. The molecule has 0 N–H and O–H groups in total. The fourth-order valence-electron chi connectivity index (χ4n) is 4.58. The van der Waals surface area contributed by atoms with Crippen LogP contribution in [0.4, 0.5) is 5.69 Å². The molecule has 2 heterocycles. The highest BCUT2D eigenvalue weighted by molar-refractivity contribution is 6.11. The van der Waals surface area contributed by atoms with Gasteiger partial charge in [-0.2, -0.15) is 0 Å². The van der Waals surface area contributed by atoms with E-state index in [2.05, 4.69) is 0 Å². The zero-order chi connectivity index (χ0) is 24.9.